The van der Waals surface area contributed by atoms with Crippen LogP contribution in [0.2, 0.25) is 0 Å². The number of halogens is 6. The van der Waals surface area contributed by atoms with E-state index in [0.717, 1.165) is 11.1 Å². The Bertz CT molecular complexity index is 1320. The molecule has 3 nitrogen and oxygen atoms in total. The Labute approximate surface area is 216 Å². The third-order valence-corrected chi connectivity index (χ3v) is 6.87. The van der Waals surface area contributed by atoms with Crippen molar-refractivity contribution >= 4 is 5.91 Å². The molecule has 9 heteroatoms. The maximum Gasteiger partial charge on any atom is 0.416 e. The quantitative estimate of drug-likeness (QED) is 0.259. The number of rotatable bonds is 6. The Hall–Kier alpha value is -3.75. The third kappa shape index (κ3) is 5.28. The summed E-state index contributed by atoms with van der Waals surface area (Å²) in [5.41, 5.74) is -2.12. The van der Waals surface area contributed by atoms with Crippen LogP contribution in [0.15, 0.2) is 85.1 Å². The van der Waals surface area contributed by atoms with Gasteiger partial charge in [0.2, 0.25) is 5.91 Å². The summed E-state index contributed by atoms with van der Waals surface area (Å²) in [6.07, 6.45) is -11.0. The van der Waals surface area contributed by atoms with Crippen LogP contribution in [0.1, 0.15) is 58.7 Å². The number of amides is 1. The fraction of sp³-hybridized carbons (Fsp3) is 0.276. The molecule has 1 amide bonds. The highest BCUT2D eigenvalue weighted by Gasteiger charge is 2.49. The molecule has 1 aliphatic rings. The second-order valence-corrected chi connectivity index (χ2v) is 9.40. The summed E-state index contributed by atoms with van der Waals surface area (Å²) < 4.78 is 86.3. The van der Waals surface area contributed by atoms with E-state index in [1.165, 1.54) is 6.92 Å². The highest BCUT2D eigenvalue weighted by molar-refractivity contribution is 5.88. The van der Waals surface area contributed by atoms with Gasteiger partial charge in [-0.15, -0.1) is 0 Å². The summed E-state index contributed by atoms with van der Waals surface area (Å²) in [6, 6.07) is 17.5. The van der Waals surface area contributed by atoms with Crippen molar-refractivity contribution in [2.24, 2.45) is 0 Å². The van der Waals surface area contributed by atoms with Gasteiger partial charge in [-0.3, -0.25) is 4.79 Å². The standard InChI is InChI=1S/C29H25F6NO2/c1-17-9-7-8-12-24(17)25-16-27(36-26(25)37,21-10-5-4-6-11-21)19(3)38-18(2)20-13-22(28(30,31)32)15-23(14-20)29(33,34)35/h4-15,18,25H,3,16H2,1-2H3,(H,36,37)/t18-,25?,27-/m1/s1. The SMILES string of the molecule is C=C(O[C@H](C)c1cc(C(F)(F)F)cc(C(F)(F)F)c1)[C@@]1(c2ccccc2)CC(c2ccccc2C)C(=O)N1. The number of hydrogen-bond acceptors (Lipinski definition) is 2. The van der Waals surface area contributed by atoms with Gasteiger partial charge in [-0.2, -0.15) is 26.3 Å². The van der Waals surface area contributed by atoms with Gasteiger partial charge in [-0.05, 0) is 60.7 Å². The van der Waals surface area contributed by atoms with Crippen molar-refractivity contribution in [3.8, 4) is 0 Å². The molecule has 200 valence electrons. The molecule has 4 rings (SSSR count). The van der Waals surface area contributed by atoms with Crippen molar-refractivity contribution in [2.75, 3.05) is 0 Å². The Balaban J connectivity index is 1.72. The summed E-state index contributed by atoms with van der Waals surface area (Å²) in [7, 11) is 0. The van der Waals surface area contributed by atoms with E-state index >= 15 is 0 Å². The Morgan fingerprint density at radius 2 is 1.50 bits per heavy atom. The minimum absolute atomic E-state index is 0.00612. The normalized spacial score (nSPS) is 20.6. The molecular weight excluding hydrogens is 508 g/mol. The maximum absolute atomic E-state index is 13.4. The van der Waals surface area contributed by atoms with Gasteiger partial charge in [-0.1, -0.05) is 61.2 Å². The minimum atomic E-state index is -4.99. The van der Waals surface area contributed by atoms with E-state index < -0.39 is 41.0 Å². The molecule has 0 radical (unpaired) electrons. The van der Waals surface area contributed by atoms with Crippen molar-refractivity contribution in [3.05, 3.63) is 119 Å². The molecule has 1 unspecified atom stereocenters. The number of carbonyl (C=O) groups is 1. The van der Waals surface area contributed by atoms with Crippen molar-refractivity contribution in [1.82, 2.24) is 5.32 Å². The van der Waals surface area contributed by atoms with Crippen LogP contribution in [0.25, 0.3) is 0 Å². The molecule has 0 aromatic heterocycles. The average molecular weight is 534 g/mol. The maximum atomic E-state index is 13.4. The molecule has 0 aliphatic carbocycles. The predicted octanol–water partition coefficient (Wildman–Crippen LogP) is 7.82. The molecule has 1 fully saturated rings. The molecule has 3 aromatic rings. The van der Waals surface area contributed by atoms with Crippen LogP contribution >= 0.6 is 0 Å². The van der Waals surface area contributed by atoms with Crippen LogP contribution in [0, 0.1) is 6.92 Å². The first-order valence-electron chi connectivity index (χ1n) is 11.8. The van der Waals surface area contributed by atoms with E-state index in [4.69, 9.17) is 4.74 Å². The molecule has 38 heavy (non-hydrogen) atoms. The van der Waals surface area contributed by atoms with Gasteiger partial charge in [-0.25, -0.2) is 0 Å². The van der Waals surface area contributed by atoms with Gasteiger partial charge in [0.1, 0.15) is 17.4 Å². The Kier molecular flexibility index (Phi) is 7.07. The first kappa shape index (κ1) is 27.3. The Morgan fingerprint density at radius 3 is 2.05 bits per heavy atom. The van der Waals surface area contributed by atoms with Gasteiger partial charge in [0.05, 0.1) is 17.0 Å². The van der Waals surface area contributed by atoms with Crippen molar-refractivity contribution in [1.29, 1.82) is 0 Å². The molecule has 3 aromatic carbocycles. The van der Waals surface area contributed by atoms with Crippen molar-refractivity contribution in [3.63, 3.8) is 0 Å². The summed E-state index contributed by atoms with van der Waals surface area (Å²) >= 11 is 0. The molecule has 1 aliphatic heterocycles. The smallest absolute Gasteiger partial charge is 0.416 e. The second kappa shape index (κ2) is 9.85. The van der Waals surface area contributed by atoms with E-state index in [2.05, 4.69) is 11.9 Å². The van der Waals surface area contributed by atoms with E-state index in [1.807, 2.05) is 31.2 Å². The van der Waals surface area contributed by atoms with Crippen LogP contribution in [0.4, 0.5) is 26.3 Å². The van der Waals surface area contributed by atoms with Crippen LogP contribution in [-0.2, 0) is 27.4 Å². The first-order valence-corrected chi connectivity index (χ1v) is 11.8. The van der Waals surface area contributed by atoms with Gasteiger partial charge >= 0.3 is 12.4 Å². The zero-order chi connectivity index (χ0) is 27.9. The lowest BCUT2D eigenvalue weighted by molar-refractivity contribution is -0.143. The molecule has 0 bridgehead atoms. The number of alkyl halides is 6. The summed E-state index contributed by atoms with van der Waals surface area (Å²) in [6.45, 7) is 7.22. The number of nitrogens with one attached hydrogen (secondary N) is 1. The number of benzene rings is 3. The van der Waals surface area contributed by atoms with E-state index in [9.17, 15) is 31.1 Å². The molecular formula is C29H25F6NO2. The monoisotopic (exact) mass is 533 g/mol. The first-order chi connectivity index (χ1) is 17.7. The van der Waals surface area contributed by atoms with Crippen LogP contribution in [-0.4, -0.2) is 5.91 Å². The third-order valence-electron chi connectivity index (χ3n) is 6.87. The molecule has 0 saturated carbocycles. The number of aryl methyl sites for hydroxylation is 1. The Morgan fingerprint density at radius 1 is 0.947 bits per heavy atom. The van der Waals surface area contributed by atoms with Crippen LogP contribution in [0.3, 0.4) is 0 Å². The van der Waals surface area contributed by atoms with Crippen molar-refractivity contribution < 1.29 is 35.9 Å². The van der Waals surface area contributed by atoms with Gasteiger partial charge in [0.25, 0.3) is 0 Å². The van der Waals surface area contributed by atoms with Gasteiger partial charge < -0.3 is 10.1 Å². The molecule has 1 heterocycles. The van der Waals surface area contributed by atoms with E-state index in [1.54, 1.807) is 30.3 Å². The summed E-state index contributed by atoms with van der Waals surface area (Å²) in [4.78, 5) is 13.2. The van der Waals surface area contributed by atoms with Crippen molar-refractivity contribution in [2.45, 2.75) is 50.2 Å². The van der Waals surface area contributed by atoms with Crippen LogP contribution < -0.4 is 5.32 Å². The largest absolute Gasteiger partial charge is 0.488 e. The lowest BCUT2D eigenvalue weighted by Gasteiger charge is -2.34. The average Bonchev–Trinajstić information content (AvgIpc) is 3.21. The number of hydrogen-bond donors (Lipinski definition) is 1. The molecule has 1 saturated heterocycles. The fourth-order valence-corrected chi connectivity index (χ4v) is 4.83. The molecule has 1 N–H and O–H groups in total. The highest BCUT2D eigenvalue weighted by atomic mass is 19.4. The molecule has 0 spiro atoms. The van der Waals surface area contributed by atoms with Crippen LogP contribution in [0.5, 0.6) is 0 Å². The zero-order valence-electron chi connectivity index (χ0n) is 20.6. The summed E-state index contributed by atoms with van der Waals surface area (Å²) in [5.74, 6) is -0.858. The summed E-state index contributed by atoms with van der Waals surface area (Å²) in [5, 5.41) is 2.96. The lowest BCUT2D eigenvalue weighted by Crippen LogP contribution is -2.41. The predicted molar refractivity (Wildman–Crippen MR) is 130 cm³/mol. The molecule has 3 atom stereocenters. The zero-order valence-corrected chi connectivity index (χ0v) is 20.6. The lowest BCUT2D eigenvalue weighted by atomic mass is 9.81. The van der Waals surface area contributed by atoms with Gasteiger partial charge in [0, 0.05) is 0 Å². The van der Waals surface area contributed by atoms with E-state index in [-0.39, 0.29) is 29.7 Å². The minimum Gasteiger partial charge on any atom is -0.488 e. The van der Waals surface area contributed by atoms with E-state index in [0.29, 0.717) is 17.7 Å². The van der Waals surface area contributed by atoms with Gasteiger partial charge in [0.15, 0.2) is 0 Å². The second-order valence-electron chi connectivity index (χ2n) is 9.40. The fourth-order valence-electron chi connectivity index (χ4n) is 4.83. The topological polar surface area (TPSA) is 38.3 Å². The highest BCUT2D eigenvalue weighted by Crippen LogP contribution is 2.46. The number of carbonyl (C=O) groups excluding carboxylic acids is 1. The number of ether oxygens (including phenoxy) is 1.